The Morgan fingerprint density at radius 2 is 2.12 bits per heavy atom. The van der Waals surface area contributed by atoms with Crippen molar-refractivity contribution in [1.82, 2.24) is 9.97 Å². The Bertz CT molecular complexity index is 333. The van der Waals surface area contributed by atoms with Crippen LogP contribution in [0.15, 0.2) is 12.5 Å². The summed E-state index contributed by atoms with van der Waals surface area (Å²) in [6, 6.07) is 0. The third-order valence-corrected chi connectivity index (χ3v) is 2.01. The van der Waals surface area contributed by atoms with Crippen molar-refractivity contribution in [3.63, 3.8) is 0 Å². The van der Waals surface area contributed by atoms with Crippen LogP contribution in [0, 0.1) is 6.92 Å². The summed E-state index contributed by atoms with van der Waals surface area (Å²) < 4.78 is 5.79. The molecule has 0 aliphatic heterocycles. The first-order valence-corrected chi connectivity index (χ1v) is 5.57. The minimum atomic E-state index is -0.109. The summed E-state index contributed by atoms with van der Waals surface area (Å²) in [5.74, 6) is 0.874. The van der Waals surface area contributed by atoms with Gasteiger partial charge in [-0.3, -0.25) is 0 Å². The standard InChI is InChI=1S/C12H21N3O/c1-9-6-13-8-15-11(9)14-7-10(2)16-12(3,4)5/h6,8,10H,7H2,1-5H3,(H,13,14,15)/t10-/m1/s1. The van der Waals surface area contributed by atoms with Gasteiger partial charge in [0, 0.05) is 18.3 Å². The first kappa shape index (κ1) is 12.9. The predicted octanol–water partition coefficient (Wildman–Crippen LogP) is 2.40. The van der Waals surface area contributed by atoms with E-state index >= 15 is 0 Å². The monoisotopic (exact) mass is 223 g/mol. The molecule has 0 radical (unpaired) electrons. The fraction of sp³-hybridized carbons (Fsp3) is 0.667. The molecule has 1 rings (SSSR count). The third kappa shape index (κ3) is 4.57. The molecule has 0 aliphatic rings. The van der Waals surface area contributed by atoms with E-state index in [1.165, 1.54) is 0 Å². The zero-order valence-corrected chi connectivity index (χ0v) is 10.7. The first-order valence-electron chi connectivity index (χ1n) is 5.57. The van der Waals surface area contributed by atoms with Crippen molar-refractivity contribution in [2.75, 3.05) is 11.9 Å². The van der Waals surface area contributed by atoms with E-state index in [-0.39, 0.29) is 11.7 Å². The number of nitrogens with one attached hydrogen (secondary N) is 1. The summed E-state index contributed by atoms with van der Waals surface area (Å²) in [5.41, 5.74) is 0.937. The summed E-state index contributed by atoms with van der Waals surface area (Å²) >= 11 is 0. The molecule has 0 spiro atoms. The van der Waals surface area contributed by atoms with Crippen LogP contribution in [0.1, 0.15) is 33.3 Å². The van der Waals surface area contributed by atoms with Crippen LogP contribution >= 0.6 is 0 Å². The molecule has 0 aromatic carbocycles. The molecule has 0 fully saturated rings. The summed E-state index contributed by atoms with van der Waals surface area (Å²) in [6.07, 6.45) is 3.49. The van der Waals surface area contributed by atoms with E-state index < -0.39 is 0 Å². The lowest BCUT2D eigenvalue weighted by Gasteiger charge is -2.25. The van der Waals surface area contributed by atoms with E-state index in [9.17, 15) is 0 Å². The second-order valence-corrected chi connectivity index (χ2v) is 4.98. The van der Waals surface area contributed by atoms with Gasteiger partial charge in [-0.05, 0) is 34.6 Å². The molecule has 1 atom stereocenters. The van der Waals surface area contributed by atoms with Crippen molar-refractivity contribution in [1.29, 1.82) is 0 Å². The Kier molecular flexibility index (Phi) is 4.24. The second-order valence-electron chi connectivity index (χ2n) is 4.98. The maximum atomic E-state index is 5.79. The smallest absolute Gasteiger partial charge is 0.132 e. The van der Waals surface area contributed by atoms with Gasteiger partial charge in [0.25, 0.3) is 0 Å². The van der Waals surface area contributed by atoms with Gasteiger partial charge in [0.15, 0.2) is 0 Å². The molecule has 0 aliphatic carbocycles. The Morgan fingerprint density at radius 3 is 2.69 bits per heavy atom. The highest BCUT2D eigenvalue weighted by Crippen LogP contribution is 2.12. The fourth-order valence-electron chi connectivity index (χ4n) is 1.47. The molecule has 0 saturated carbocycles. The number of rotatable bonds is 4. The summed E-state index contributed by atoms with van der Waals surface area (Å²) in [4.78, 5) is 8.12. The minimum Gasteiger partial charge on any atom is -0.371 e. The highest BCUT2D eigenvalue weighted by molar-refractivity contribution is 5.40. The topological polar surface area (TPSA) is 47.0 Å². The molecular weight excluding hydrogens is 202 g/mol. The van der Waals surface area contributed by atoms with Crippen LogP contribution < -0.4 is 5.32 Å². The lowest BCUT2D eigenvalue weighted by atomic mass is 10.2. The molecular formula is C12H21N3O. The second kappa shape index (κ2) is 5.25. The van der Waals surface area contributed by atoms with Crippen molar-refractivity contribution in [2.45, 2.75) is 46.3 Å². The average Bonchev–Trinajstić information content (AvgIpc) is 2.14. The lowest BCUT2D eigenvalue weighted by molar-refractivity contribution is -0.0449. The van der Waals surface area contributed by atoms with Crippen LogP contribution in [0.4, 0.5) is 5.82 Å². The van der Waals surface area contributed by atoms with Gasteiger partial charge in [-0.25, -0.2) is 9.97 Å². The van der Waals surface area contributed by atoms with Crippen LogP contribution in [-0.4, -0.2) is 28.2 Å². The van der Waals surface area contributed by atoms with Crippen molar-refractivity contribution in [3.8, 4) is 0 Å². The Hall–Kier alpha value is -1.16. The number of ether oxygens (including phenoxy) is 1. The Balaban J connectivity index is 2.43. The SMILES string of the molecule is Cc1cncnc1NC[C@@H](C)OC(C)(C)C. The molecule has 0 bridgehead atoms. The van der Waals surface area contributed by atoms with Crippen molar-refractivity contribution in [3.05, 3.63) is 18.1 Å². The molecule has 16 heavy (non-hydrogen) atoms. The molecule has 0 saturated heterocycles. The van der Waals surface area contributed by atoms with Crippen LogP contribution in [-0.2, 0) is 4.74 Å². The average molecular weight is 223 g/mol. The normalized spacial score (nSPS) is 13.6. The number of nitrogens with zero attached hydrogens (tertiary/aromatic N) is 2. The molecule has 4 nitrogen and oxygen atoms in total. The van der Waals surface area contributed by atoms with Gasteiger partial charge < -0.3 is 10.1 Å². The number of aromatic nitrogens is 2. The molecule has 1 N–H and O–H groups in total. The van der Waals surface area contributed by atoms with E-state index in [1.807, 2.05) is 6.92 Å². The fourth-order valence-corrected chi connectivity index (χ4v) is 1.47. The van der Waals surface area contributed by atoms with Crippen LogP contribution in [0.2, 0.25) is 0 Å². The molecule has 0 unspecified atom stereocenters. The summed E-state index contributed by atoms with van der Waals surface area (Å²) in [7, 11) is 0. The lowest BCUT2D eigenvalue weighted by Crippen LogP contribution is -2.30. The zero-order chi connectivity index (χ0) is 12.2. The predicted molar refractivity (Wildman–Crippen MR) is 65.6 cm³/mol. The molecule has 90 valence electrons. The number of hydrogen-bond acceptors (Lipinski definition) is 4. The first-order chi connectivity index (χ1) is 7.38. The van der Waals surface area contributed by atoms with Crippen LogP contribution in [0.5, 0.6) is 0 Å². The molecule has 1 aromatic heterocycles. The zero-order valence-electron chi connectivity index (χ0n) is 10.7. The maximum Gasteiger partial charge on any atom is 0.132 e. The third-order valence-electron chi connectivity index (χ3n) is 2.01. The van der Waals surface area contributed by atoms with Gasteiger partial charge >= 0.3 is 0 Å². The van der Waals surface area contributed by atoms with Crippen molar-refractivity contribution < 1.29 is 4.74 Å². The van der Waals surface area contributed by atoms with E-state index in [0.717, 1.165) is 17.9 Å². The molecule has 1 aromatic rings. The highest BCUT2D eigenvalue weighted by atomic mass is 16.5. The maximum absolute atomic E-state index is 5.79. The van der Waals surface area contributed by atoms with Gasteiger partial charge in [-0.2, -0.15) is 0 Å². The van der Waals surface area contributed by atoms with E-state index in [4.69, 9.17) is 4.74 Å². The molecule has 0 amide bonds. The molecule has 4 heteroatoms. The van der Waals surface area contributed by atoms with Gasteiger partial charge in [0.05, 0.1) is 11.7 Å². The number of hydrogen-bond donors (Lipinski definition) is 1. The number of anilines is 1. The van der Waals surface area contributed by atoms with Gasteiger partial charge in [-0.1, -0.05) is 0 Å². The molecule has 1 heterocycles. The Morgan fingerprint density at radius 1 is 1.44 bits per heavy atom. The van der Waals surface area contributed by atoms with E-state index in [2.05, 4.69) is 43.0 Å². The van der Waals surface area contributed by atoms with E-state index in [0.29, 0.717) is 0 Å². The van der Waals surface area contributed by atoms with Crippen LogP contribution in [0.25, 0.3) is 0 Å². The quantitative estimate of drug-likeness (QED) is 0.851. The van der Waals surface area contributed by atoms with Crippen LogP contribution in [0.3, 0.4) is 0 Å². The van der Waals surface area contributed by atoms with Gasteiger partial charge in [-0.15, -0.1) is 0 Å². The van der Waals surface area contributed by atoms with Crippen molar-refractivity contribution in [2.24, 2.45) is 0 Å². The van der Waals surface area contributed by atoms with E-state index in [1.54, 1.807) is 12.5 Å². The minimum absolute atomic E-state index is 0.109. The highest BCUT2D eigenvalue weighted by Gasteiger charge is 2.15. The largest absolute Gasteiger partial charge is 0.371 e. The van der Waals surface area contributed by atoms with Gasteiger partial charge in [0.1, 0.15) is 12.1 Å². The van der Waals surface area contributed by atoms with Gasteiger partial charge in [0.2, 0.25) is 0 Å². The number of aryl methyl sites for hydroxylation is 1. The summed E-state index contributed by atoms with van der Waals surface area (Å²) in [5, 5.41) is 3.26. The Labute approximate surface area is 97.5 Å². The summed E-state index contributed by atoms with van der Waals surface area (Å²) in [6.45, 7) is 10.9. The van der Waals surface area contributed by atoms with Crippen molar-refractivity contribution >= 4 is 5.82 Å².